The third-order valence-corrected chi connectivity index (χ3v) is 4.06. The zero-order valence-corrected chi connectivity index (χ0v) is 12.8. The molecule has 0 amide bonds. The van der Waals surface area contributed by atoms with Crippen LogP contribution in [-0.2, 0) is 4.79 Å². The number of nitrogens with one attached hydrogen (secondary N) is 1. The van der Waals surface area contributed by atoms with Gasteiger partial charge >= 0.3 is 12.1 Å². The quantitative estimate of drug-likeness (QED) is 0.791. The smallest absolute Gasteiger partial charge is 0.391 e. The largest absolute Gasteiger partial charge is 0.480 e. The van der Waals surface area contributed by atoms with E-state index in [2.05, 4.69) is 5.32 Å². The summed E-state index contributed by atoms with van der Waals surface area (Å²) < 4.78 is 37.8. The number of rotatable bonds is 6. The van der Waals surface area contributed by atoms with E-state index in [-0.39, 0.29) is 18.9 Å². The number of alkyl halides is 3. The molecule has 1 rings (SSSR count). The molecule has 1 atom stereocenters. The average Bonchev–Trinajstić information content (AvgIpc) is 2.35. The fraction of sp³-hybridized carbons (Fsp3) is 0.929. The highest BCUT2D eigenvalue weighted by Crippen LogP contribution is 2.34. The highest BCUT2D eigenvalue weighted by molar-refractivity contribution is 5.78. The Hall–Kier alpha value is -0.820. The van der Waals surface area contributed by atoms with Gasteiger partial charge in [0, 0.05) is 12.6 Å². The van der Waals surface area contributed by atoms with Crippen LogP contribution < -0.4 is 5.32 Å². The maximum Gasteiger partial charge on any atom is 0.391 e. The molecule has 4 nitrogen and oxygen atoms in total. The number of likely N-dealkylation sites (tertiary alicyclic amines) is 1. The lowest BCUT2D eigenvalue weighted by atomic mass is 9.93. The third kappa shape index (κ3) is 5.47. The predicted octanol–water partition coefficient (Wildman–Crippen LogP) is 2.49. The first-order valence-corrected chi connectivity index (χ1v) is 7.35. The number of piperidine rings is 1. The first-order chi connectivity index (χ1) is 9.54. The van der Waals surface area contributed by atoms with Crippen LogP contribution in [0.25, 0.3) is 0 Å². The maximum atomic E-state index is 12.6. The van der Waals surface area contributed by atoms with Gasteiger partial charge in [-0.15, -0.1) is 0 Å². The van der Waals surface area contributed by atoms with Gasteiger partial charge in [0.2, 0.25) is 0 Å². The first kappa shape index (κ1) is 18.2. The molecule has 0 aromatic heterocycles. The van der Waals surface area contributed by atoms with E-state index < -0.39 is 23.6 Å². The summed E-state index contributed by atoms with van der Waals surface area (Å²) in [5.41, 5.74) is -1.05. The molecule has 0 saturated carbocycles. The molecular formula is C14H25F3N2O2. The van der Waals surface area contributed by atoms with E-state index in [0.29, 0.717) is 26.1 Å². The van der Waals surface area contributed by atoms with Crippen molar-refractivity contribution in [2.75, 3.05) is 19.6 Å². The maximum absolute atomic E-state index is 12.6. The number of halogens is 3. The monoisotopic (exact) mass is 310 g/mol. The van der Waals surface area contributed by atoms with Crippen LogP contribution in [0, 0.1) is 5.92 Å². The molecule has 0 aromatic rings. The molecule has 21 heavy (non-hydrogen) atoms. The van der Waals surface area contributed by atoms with Crippen molar-refractivity contribution in [1.82, 2.24) is 10.2 Å². The second kappa shape index (κ2) is 6.96. The Morgan fingerprint density at radius 1 is 1.33 bits per heavy atom. The molecule has 1 aliphatic rings. The number of nitrogens with zero attached hydrogens (tertiary/aromatic N) is 1. The Morgan fingerprint density at radius 3 is 2.24 bits per heavy atom. The fourth-order valence-corrected chi connectivity index (χ4v) is 2.74. The number of carbonyl (C=O) groups is 1. The lowest BCUT2D eigenvalue weighted by Gasteiger charge is -2.35. The van der Waals surface area contributed by atoms with Crippen LogP contribution in [0.1, 0.15) is 40.0 Å². The van der Waals surface area contributed by atoms with Gasteiger partial charge in [-0.3, -0.25) is 10.1 Å². The molecule has 0 aliphatic carbocycles. The van der Waals surface area contributed by atoms with Gasteiger partial charge in [-0.25, -0.2) is 0 Å². The molecule has 0 spiro atoms. The number of hydrogen-bond acceptors (Lipinski definition) is 3. The minimum absolute atomic E-state index is 0.0297. The molecule has 1 saturated heterocycles. The van der Waals surface area contributed by atoms with E-state index in [1.54, 1.807) is 6.92 Å². The molecule has 0 radical (unpaired) electrons. The summed E-state index contributed by atoms with van der Waals surface area (Å²) in [7, 11) is 0. The standard InChI is InChI=1S/C14H25F3N2O2/c1-10(2)18-13(3,12(20)21)6-9-19-7-4-11(5-8-19)14(15,16)17/h10-11,18H,4-9H2,1-3H3,(H,20,21). The van der Waals surface area contributed by atoms with Crippen LogP contribution in [0.2, 0.25) is 0 Å². The summed E-state index contributed by atoms with van der Waals surface area (Å²) in [5.74, 6) is -2.14. The fourth-order valence-electron chi connectivity index (χ4n) is 2.74. The SMILES string of the molecule is CC(C)NC(C)(CCN1CCC(C(F)(F)F)CC1)C(=O)O. The summed E-state index contributed by atoms with van der Waals surface area (Å²) >= 11 is 0. The minimum atomic E-state index is -4.11. The van der Waals surface area contributed by atoms with Crippen LogP contribution in [0.15, 0.2) is 0 Å². The van der Waals surface area contributed by atoms with Gasteiger partial charge in [0.05, 0.1) is 5.92 Å². The number of carboxylic acid groups (broad SMARTS) is 1. The van der Waals surface area contributed by atoms with Crippen LogP contribution >= 0.6 is 0 Å². The van der Waals surface area contributed by atoms with Gasteiger partial charge in [0.1, 0.15) is 5.54 Å². The Morgan fingerprint density at radius 2 is 1.86 bits per heavy atom. The van der Waals surface area contributed by atoms with Crippen molar-refractivity contribution in [2.24, 2.45) is 5.92 Å². The van der Waals surface area contributed by atoms with Crippen molar-refractivity contribution < 1.29 is 23.1 Å². The number of hydrogen-bond donors (Lipinski definition) is 2. The summed E-state index contributed by atoms with van der Waals surface area (Å²) in [6, 6.07) is 0.0297. The van der Waals surface area contributed by atoms with Crippen LogP contribution in [0.3, 0.4) is 0 Å². The molecule has 2 N–H and O–H groups in total. The summed E-state index contributed by atoms with van der Waals surface area (Å²) in [5, 5.41) is 12.4. The van der Waals surface area contributed by atoms with E-state index in [4.69, 9.17) is 0 Å². The summed E-state index contributed by atoms with van der Waals surface area (Å²) in [4.78, 5) is 13.3. The zero-order chi connectivity index (χ0) is 16.3. The van der Waals surface area contributed by atoms with Crippen molar-refractivity contribution in [2.45, 2.75) is 57.8 Å². The highest BCUT2D eigenvalue weighted by Gasteiger charge is 2.41. The van der Waals surface area contributed by atoms with Gasteiger partial charge in [-0.2, -0.15) is 13.2 Å². The number of aliphatic carboxylic acids is 1. The van der Waals surface area contributed by atoms with Gasteiger partial charge < -0.3 is 10.0 Å². The van der Waals surface area contributed by atoms with E-state index in [1.807, 2.05) is 18.7 Å². The average molecular weight is 310 g/mol. The molecule has 7 heteroatoms. The lowest BCUT2D eigenvalue weighted by Crippen LogP contribution is -2.54. The summed E-state index contributed by atoms with van der Waals surface area (Å²) in [6.45, 7) is 6.61. The second-order valence-corrected chi connectivity index (χ2v) is 6.34. The molecular weight excluding hydrogens is 285 g/mol. The molecule has 124 valence electrons. The van der Waals surface area contributed by atoms with E-state index in [9.17, 15) is 23.1 Å². The number of carboxylic acids is 1. The molecule has 1 fully saturated rings. The first-order valence-electron chi connectivity index (χ1n) is 7.35. The van der Waals surface area contributed by atoms with Crippen LogP contribution in [0.4, 0.5) is 13.2 Å². The Labute approximate surface area is 123 Å². The van der Waals surface area contributed by atoms with Gasteiger partial charge in [0.15, 0.2) is 0 Å². The van der Waals surface area contributed by atoms with Crippen LogP contribution in [-0.4, -0.2) is 53.4 Å². The molecule has 1 heterocycles. The van der Waals surface area contributed by atoms with Gasteiger partial charge in [-0.1, -0.05) is 0 Å². The molecule has 1 aliphatic heterocycles. The van der Waals surface area contributed by atoms with E-state index >= 15 is 0 Å². The van der Waals surface area contributed by atoms with Gasteiger partial charge in [-0.05, 0) is 53.1 Å². The Balaban J connectivity index is 2.47. The third-order valence-electron chi connectivity index (χ3n) is 4.06. The second-order valence-electron chi connectivity index (χ2n) is 6.34. The minimum Gasteiger partial charge on any atom is -0.480 e. The molecule has 0 aromatic carbocycles. The van der Waals surface area contributed by atoms with Crippen LogP contribution in [0.5, 0.6) is 0 Å². The topological polar surface area (TPSA) is 52.6 Å². The van der Waals surface area contributed by atoms with Crippen molar-refractivity contribution in [1.29, 1.82) is 0 Å². The van der Waals surface area contributed by atoms with E-state index in [0.717, 1.165) is 0 Å². The predicted molar refractivity (Wildman–Crippen MR) is 74.1 cm³/mol. The van der Waals surface area contributed by atoms with Gasteiger partial charge in [0.25, 0.3) is 0 Å². The normalized spacial score (nSPS) is 21.5. The zero-order valence-electron chi connectivity index (χ0n) is 12.8. The van der Waals surface area contributed by atoms with E-state index in [1.165, 1.54) is 0 Å². The Kier molecular flexibility index (Phi) is 6.04. The van der Waals surface area contributed by atoms with Crippen molar-refractivity contribution in [3.05, 3.63) is 0 Å². The van der Waals surface area contributed by atoms with Crippen molar-refractivity contribution in [3.63, 3.8) is 0 Å². The Bertz CT molecular complexity index is 353. The molecule has 0 bridgehead atoms. The lowest BCUT2D eigenvalue weighted by molar-refractivity contribution is -0.185. The van der Waals surface area contributed by atoms with Crippen molar-refractivity contribution in [3.8, 4) is 0 Å². The molecule has 1 unspecified atom stereocenters. The summed E-state index contributed by atoms with van der Waals surface area (Å²) in [6.07, 6.45) is -3.53. The van der Waals surface area contributed by atoms with Crippen molar-refractivity contribution >= 4 is 5.97 Å². The highest BCUT2D eigenvalue weighted by atomic mass is 19.4.